The van der Waals surface area contributed by atoms with Gasteiger partial charge in [-0.3, -0.25) is 4.57 Å². The molecule has 1 aromatic heterocycles. The number of ether oxygens (including phenoxy) is 1. The van der Waals surface area contributed by atoms with Crippen molar-refractivity contribution in [1.29, 1.82) is 0 Å². The quantitative estimate of drug-likeness (QED) is 0.614. The van der Waals surface area contributed by atoms with Crippen LogP contribution in [0.25, 0.3) is 11.1 Å². The Balaban J connectivity index is 2.26. The Kier molecular flexibility index (Phi) is 4.04. The third-order valence-electron chi connectivity index (χ3n) is 2.99. The second-order valence-corrected chi connectivity index (χ2v) is 4.40. The molecule has 1 heterocycles. The maximum Gasteiger partial charge on any atom is 0.420 e. The van der Waals surface area contributed by atoms with Gasteiger partial charge in [0.15, 0.2) is 5.58 Å². The first-order valence-corrected chi connectivity index (χ1v) is 6.42. The van der Waals surface area contributed by atoms with Crippen molar-refractivity contribution in [3.8, 4) is 0 Å². The summed E-state index contributed by atoms with van der Waals surface area (Å²) >= 11 is 0. The fourth-order valence-electron chi connectivity index (χ4n) is 1.89. The highest BCUT2D eigenvalue weighted by Crippen LogP contribution is 2.17. The number of rotatable bonds is 5. The molecule has 5 nitrogen and oxygen atoms in total. The van der Waals surface area contributed by atoms with Crippen molar-refractivity contribution >= 4 is 17.1 Å². The Labute approximate surface area is 110 Å². The van der Waals surface area contributed by atoms with E-state index in [0.717, 1.165) is 12.8 Å². The van der Waals surface area contributed by atoms with Crippen molar-refractivity contribution in [1.82, 2.24) is 4.57 Å². The predicted molar refractivity (Wildman–Crippen MR) is 71.1 cm³/mol. The molecule has 1 aromatic carbocycles. The van der Waals surface area contributed by atoms with Crippen LogP contribution < -0.4 is 5.76 Å². The highest BCUT2D eigenvalue weighted by molar-refractivity contribution is 5.79. The summed E-state index contributed by atoms with van der Waals surface area (Å²) < 4.78 is 11.6. The molecule has 0 fully saturated rings. The number of carbonyl (C=O) groups excluding carboxylic acids is 1. The molecule has 0 radical (unpaired) electrons. The molecular weight excluding hydrogens is 246 g/mol. The van der Waals surface area contributed by atoms with E-state index in [9.17, 15) is 9.59 Å². The van der Waals surface area contributed by atoms with Crippen LogP contribution in [0, 0.1) is 0 Å². The van der Waals surface area contributed by atoms with Gasteiger partial charge in [0.25, 0.3) is 0 Å². The normalized spacial score (nSPS) is 12.5. The number of fused-ring (bicyclic) bond motifs is 1. The van der Waals surface area contributed by atoms with Gasteiger partial charge in [0.05, 0.1) is 12.1 Å². The first-order chi connectivity index (χ1) is 9.15. The summed E-state index contributed by atoms with van der Waals surface area (Å²) in [4.78, 5) is 23.7. The number of esters is 1. The average molecular weight is 263 g/mol. The summed E-state index contributed by atoms with van der Waals surface area (Å²) in [5.41, 5.74) is 1.08. The number of oxazole rings is 1. The van der Waals surface area contributed by atoms with E-state index < -0.39 is 17.8 Å². The van der Waals surface area contributed by atoms with E-state index in [1.807, 2.05) is 6.92 Å². The van der Waals surface area contributed by atoms with E-state index in [1.165, 1.54) is 4.57 Å². The second-order valence-electron chi connectivity index (χ2n) is 4.40. The topological polar surface area (TPSA) is 61.4 Å². The average Bonchev–Trinajstić information content (AvgIpc) is 2.74. The van der Waals surface area contributed by atoms with E-state index in [4.69, 9.17) is 9.15 Å². The highest BCUT2D eigenvalue weighted by Gasteiger charge is 2.22. The molecule has 0 saturated carbocycles. The maximum absolute atomic E-state index is 11.9. The first kappa shape index (κ1) is 13.4. The number of aromatic nitrogens is 1. The Morgan fingerprint density at radius 3 is 2.89 bits per heavy atom. The lowest BCUT2D eigenvalue weighted by atomic mass is 10.3. The molecule has 0 N–H and O–H groups in total. The van der Waals surface area contributed by atoms with Crippen LogP contribution in [-0.4, -0.2) is 17.1 Å². The molecule has 19 heavy (non-hydrogen) atoms. The third-order valence-corrected chi connectivity index (χ3v) is 2.99. The molecule has 1 atom stereocenters. The lowest BCUT2D eigenvalue weighted by Crippen LogP contribution is -2.26. The van der Waals surface area contributed by atoms with E-state index in [2.05, 4.69) is 0 Å². The van der Waals surface area contributed by atoms with Gasteiger partial charge in [-0.1, -0.05) is 25.5 Å². The van der Waals surface area contributed by atoms with Crippen LogP contribution in [0.5, 0.6) is 0 Å². The minimum atomic E-state index is -0.687. The first-order valence-electron chi connectivity index (χ1n) is 6.42. The largest absolute Gasteiger partial charge is 0.464 e. The molecule has 5 heteroatoms. The van der Waals surface area contributed by atoms with Gasteiger partial charge in [0.2, 0.25) is 0 Å². The number of carbonyl (C=O) groups is 1. The van der Waals surface area contributed by atoms with Crippen molar-refractivity contribution in [2.75, 3.05) is 6.61 Å². The zero-order valence-corrected chi connectivity index (χ0v) is 11.1. The van der Waals surface area contributed by atoms with E-state index in [-0.39, 0.29) is 0 Å². The molecule has 0 aliphatic carbocycles. The summed E-state index contributed by atoms with van der Waals surface area (Å²) in [7, 11) is 0. The van der Waals surface area contributed by atoms with Gasteiger partial charge in [-0.2, -0.15) is 0 Å². The van der Waals surface area contributed by atoms with Gasteiger partial charge >= 0.3 is 11.7 Å². The fourth-order valence-corrected chi connectivity index (χ4v) is 1.89. The summed E-state index contributed by atoms with van der Waals surface area (Å²) in [6.07, 6.45) is 1.77. The smallest absolute Gasteiger partial charge is 0.420 e. The molecule has 0 bridgehead atoms. The molecule has 0 amide bonds. The van der Waals surface area contributed by atoms with Crippen molar-refractivity contribution in [3.05, 3.63) is 34.8 Å². The number of benzene rings is 1. The van der Waals surface area contributed by atoms with Crippen LogP contribution in [0.15, 0.2) is 33.5 Å². The molecule has 0 aliphatic heterocycles. The number of hydrogen-bond donors (Lipinski definition) is 0. The van der Waals surface area contributed by atoms with Gasteiger partial charge in [0, 0.05) is 0 Å². The van der Waals surface area contributed by atoms with Crippen molar-refractivity contribution in [2.45, 2.75) is 32.7 Å². The van der Waals surface area contributed by atoms with Gasteiger partial charge in [0.1, 0.15) is 6.04 Å². The second kappa shape index (κ2) is 5.73. The molecule has 0 aliphatic rings. The van der Waals surface area contributed by atoms with Gasteiger partial charge in [-0.25, -0.2) is 9.59 Å². The Morgan fingerprint density at radius 2 is 2.16 bits per heavy atom. The van der Waals surface area contributed by atoms with Crippen LogP contribution >= 0.6 is 0 Å². The van der Waals surface area contributed by atoms with Gasteiger partial charge in [-0.15, -0.1) is 0 Å². The fraction of sp³-hybridized carbons (Fsp3) is 0.429. The van der Waals surface area contributed by atoms with Gasteiger partial charge < -0.3 is 9.15 Å². The van der Waals surface area contributed by atoms with E-state index >= 15 is 0 Å². The molecule has 0 saturated heterocycles. The summed E-state index contributed by atoms with van der Waals surface area (Å²) in [5, 5.41) is 0. The van der Waals surface area contributed by atoms with E-state index in [1.54, 1.807) is 31.2 Å². The summed E-state index contributed by atoms with van der Waals surface area (Å²) in [6.45, 7) is 4.03. The lowest BCUT2D eigenvalue weighted by molar-refractivity contribution is -0.147. The van der Waals surface area contributed by atoms with Crippen molar-refractivity contribution in [2.24, 2.45) is 0 Å². The van der Waals surface area contributed by atoms with Crippen molar-refractivity contribution < 1.29 is 13.9 Å². The standard InChI is InChI=1S/C14H17NO4/c1-3-4-9-18-13(16)10(2)15-11-7-5-6-8-12(11)19-14(15)17/h5-8,10H,3-4,9H2,1-2H3. The molecule has 2 aromatic rings. The molecular formula is C14H17NO4. The Morgan fingerprint density at radius 1 is 1.42 bits per heavy atom. The number of unbranched alkanes of at least 4 members (excludes halogenated alkanes) is 1. The maximum atomic E-state index is 11.9. The summed E-state index contributed by atoms with van der Waals surface area (Å²) in [6, 6.07) is 6.33. The highest BCUT2D eigenvalue weighted by atomic mass is 16.5. The van der Waals surface area contributed by atoms with Gasteiger partial charge in [-0.05, 0) is 25.5 Å². The number of nitrogens with zero attached hydrogens (tertiary/aromatic N) is 1. The number of para-hydroxylation sites is 2. The van der Waals surface area contributed by atoms with E-state index in [0.29, 0.717) is 17.7 Å². The van der Waals surface area contributed by atoms with Crippen molar-refractivity contribution in [3.63, 3.8) is 0 Å². The minimum Gasteiger partial charge on any atom is -0.464 e. The zero-order valence-electron chi connectivity index (χ0n) is 11.1. The Bertz CT molecular complexity index is 626. The molecule has 1 unspecified atom stereocenters. The zero-order chi connectivity index (χ0) is 13.8. The van der Waals surface area contributed by atoms with Crippen LogP contribution in [-0.2, 0) is 9.53 Å². The lowest BCUT2D eigenvalue weighted by Gasteiger charge is -2.12. The van der Waals surface area contributed by atoms with Crippen LogP contribution in [0.1, 0.15) is 32.7 Å². The summed E-state index contributed by atoms with van der Waals surface area (Å²) in [5.74, 6) is -0.955. The molecule has 0 spiro atoms. The van der Waals surface area contributed by atoms with Crippen LogP contribution in [0.4, 0.5) is 0 Å². The molecule has 2 rings (SSSR count). The predicted octanol–water partition coefficient (Wildman–Crippen LogP) is 2.50. The van der Waals surface area contributed by atoms with Crippen LogP contribution in [0.2, 0.25) is 0 Å². The third kappa shape index (κ3) is 2.70. The molecule has 102 valence electrons. The monoisotopic (exact) mass is 263 g/mol. The van der Waals surface area contributed by atoms with Crippen LogP contribution in [0.3, 0.4) is 0 Å². The Hall–Kier alpha value is -2.04. The minimum absolute atomic E-state index is 0.379. The number of hydrogen-bond acceptors (Lipinski definition) is 4. The SMILES string of the molecule is CCCCOC(=O)C(C)n1c(=O)oc2ccccc21.